The number of hydrogen-bond donors (Lipinski definition) is 3. The minimum atomic E-state index is -0.722. The molecule has 1 aromatic rings. The van der Waals surface area contributed by atoms with E-state index in [9.17, 15) is 9.59 Å². The minimum absolute atomic E-state index is 0. The van der Waals surface area contributed by atoms with Gasteiger partial charge < -0.3 is 20.3 Å². The molecule has 2 fully saturated rings. The van der Waals surface area contributed by atoms with Crippen molar-refractivity contribution in [1.29, 1.82) is 0 Å². The normalized spacial score (nSPS) is 23.0. The Hall–Kier alpha value is -1.31. The second kappa shape index (κ2) is 11.5. The van der Waals surface area contributed by atoms with Crippen molar-refractivity contribution < 1.29 is 14.7 Å². The summed E-state index contributed by atoms with van der Waals surface area (Å²) in [5.41, 5.74) is 0.492. The maximum absolute atomic E-state index is 12.4. The molecule has 3 N–H and O–H groups in total. The Bertz CT molecular complexity index is 597. The number of carboxylic acids is 1. The summed E-state index contributed by atoms with van der Waals surface area (Å²) < 4.78 is 2.07. The molecular weight excluding hydrogens is 391 g/mol. The van der Waals surface area contributed by atoms with Crippen molar-refractivity contribution in [2.75, 3.05) is 13.1 Å². The fourth-order valence-electron chi connectivity index (χ4n) is 3.94. The van der Waals surface area contributed by atoms with Crippen LogP contribution in [-0.2, 0) is 4.79 Å². The molecule has 0 radical (unpaired) electrons. The van der Waals surface area contributed by atoms with Crippen LogP contribution in [0.2, 0.25) is 0 Å². The van der Waals surface area contributed by atoms with Crippen molar-refractivity contribution in [2.24, 2.45) is 5.92 Å². The van der Waals surface area contributed by atoms with Crippen LogP contribution in [0.1, 0.15) is 67.9 Å². The Labute approximate surface area is 172 Å². The summed E-state index contributed by atoms with van der Waals surface area (Å²) in [7, 11) is 0. The molecule has 0 bridgehead atoms. The third kappa shape index (κ3) is 6.97. The average Bonchev–Trinajstić information content (AvgIpc) is 3.12. The first kappa shape index (κ1) is 23.7. The van der Waals surface area contributed by atoms with Gasteiger partial charge in [0.05, 0.1) is 6.33 Å². The van der Waals surface area contributed by atoms with Crippen molar-refractivity contribution in [3.05, 3.63) is 18.2 Å². The number of amides is 1. The number of nitrogens with one attached hydrogen (secondary N) is 2. The van der Waals surface area contributed by atoms with Crippen LogP contribution in [0.5, 0.6) is 0 Å². The third-order valence-corrected chi connectivity index (χ3v) is 5.51. The van der Waals surface area contributed by atoms with Crippen LogP contribution in [0.3, 0.4) is 0 Å². The summed E-state index contributed by atoms with van der Waals surface area (Å²) in [5.74, 6) is -0.343. The van der Waals surface area contributed by atoms with Gasteiger partial charge in [-0.15, -0.1) is 24.8 Å². The van der Waals surface area contributed by atoms with Gasteiger partial charge in [0, 0.05) is 24.7 Å². The van der Waals surface area contributed by atoms with Gasteiger partial charge in [0.1, 0.15) is 5.69 Å². The Morgan fingerprint density at radius 2 is 1.81 bits per heavy atom. The first-order chi connectivity index (χ1) is 12.1. The van der Waals surface area contributed by atoms with E-state index in [0.29, 0.717) is 17.7 Å². The van der Waals surface area contributed by atoms with E-state index in [0.717, 1.165) is 58.0 Å². The van der Waals surface area contributed by atoms with E-state index in [-0.39, 0.29) is 43.2 Å². The Morgan fingerprint density at radius 3 is 2.44 bits per heavy atom. The Kier molecular flexibility index (Phi) is 10.1. The molecule has 0 aromatic carbocycles. The summed E-state index contributed by atoms with van der Waals surface area (Å²) >= 11 is 0. The molecule has 27 heavy (non-hydrogen) atoms. The van der Waals surface area contributed by atoms with E-state index in [4.69, 9.17) is 5.11 Å². The predicted molar refractivity (Wildman–Crippen MR) is 108 cm³/mol. The van der Waals surface area contributed by atoms with Gasteiger partial charge in [0.25, 0.3) is 5.91 Å². The van der Waals surface area contributed by atoms with Crippen molar-refractivity contribution in [3.63, 3.8) is 0 Å². The van der Waals surface area contributed by atoms with Crippen molar-refractivity contribution in [1.82, 2.24) is 20.2 Å². The van der Waals surface area contributed by atoms with Gasteiger partial charge >= 0.3 is 5.97 Å². The molecular formula is C18H30Cl2N4O3. The number of rotatable bonds is 6. The topological polar surface area (TPSA) is 96.3 Å². The van der Waals surface area contributed by atoms with Gasteiger partial charge in [-0.2, -0.15) is 0 Å². The molecule has 1 saturated heterocycles. The molecule has 1 aromatic heterocycles. The molecule has 0 atom stereocenters. The van der Waals surface area contributed by atoms with E-state index in [2.05, 4.69) is 20.2 Å². The van der Waals surface area contributed by atoms with Gasteiger partial charge in [-0.05, 0) is 64.0 Å². The highest BCUT2D eigenvalue weighted by Gasteiger charge is 2.24. The molecule has 2 heterocycles. The van der Waals surface area contributed by atoms with E-state index in [1.807, 2.05) is 6.20 Å². The third-order valence-electron chi connectivity index (χ3n) is 5.51. The molecule has 154 valence electrons. The van der Waals surface area contributed by atoms with Gasteiger partial charge in [-0.3, -0.25) is 9.59 Å². The number of nitrogens with zero attached hydrogens (tertiary/aromatic N) is 2. The zero-order chi connectivity index (χ0) is 17.6. The summed E-state index contributed by atoms with van der Waals surface area (Å²) in [4.78, 5) is 27.4. The maximum Gasteiger partial charge on any atom is 0.303 e. The number of halogens is 2. The average molecular weight is 421 g/mol. The largest absolute Gasteiger partial charge is 0.481 e. The number of carbonyl (C=O) groups is 2. The fraction of sp³-hybridized carbons (Fsp3) is 0.722. The second-order valence-corrected chi connectivity index (χ2v) is 7.31. The van der Waals surface area contributed by atoms with E-state index in [1.54, 1.807) is 6.33 Å². The van der Waals surface area contributed by atoms with E-state index in [1.165, 1.54) is 0 Å². The smallest absolute Gasteiger partial charge is 0.303 e. The zero-order valence-corrected chi connectivity index (χ0v) is 17.1. The SMILES string of the molecule is Cl.Cl.O=C(O)CC[C@H]1CC[C@H](NC(=O)c2cn(C3CCNCC3)cn2)CC1. The number of hydrogen-bond acceptors (Lipinski definition) is 4. The lowest BCUT2D eigenvalue weighted by Gasteiger charge is -2.28. The number of carbonyl (C=O) groups excluding carboxylic acids is 1. The molecule has 1 aliphatic carbocycles. The first-order valence-electron chi connectivity index (χ1n) is 9.38. The molecule has 2 aliphatic rings. The predicted octanol–water partition coefficient (Wildman–Crippen LogP) is 2.80. The highest BCUT2D eigenvalue weighted by atomic mass is 35.5. The van der Waals surface area contributed by atoms with Crippen LogP contribution < -0.4 is 10.6 Å². The highest BCUT2D eigenvalue weighted by Crippen LogP contribution is 2.28. The first-order valence-corrected chi connectivity index (χ1v) is 9.38. The zero-order valence-electron chi connectivity index (χ0n) is 15.4. The van der Waals surface area contributed by atoms with Crippen LogP contribution in [-0.4, -0.2) is 45.7 Å². The Balaban J connectivity index is 0.00000182. The number of aliphatic carboxylic acids is 1. The van der Waals surface area contributed by atoms with Gasteiger partial charge in [-0.1, -0.05) is 0 Å². The van der Waals surface area contributed by atoms with Crippen LogP contribution in [0, 0.1) is 5.92 Å². The van der Waals surface area contributed by atoms with Crippen LogP contribution in [0.25, 0.3) is 0 Å². The molecule has 1 saturated carbocycles. The standard InChI is InChI=1S/C18H28N4O3.2ClH/c23-17(24)6-3-13-1-4-14(5-2-13)21-18(25)16-11-22(12-20-16)15-7-9-19-10-8-15;;/h11-15,19H,1-10H2,(H,21,25)(H,23,24);2*1H/t13-,14-;;. The second-order valence-electron chi connectivity index (χ2n) is 7.31. The Morgan fingerprint density at radius 1 is 1.15 bits per heavy atom. The fourth-order valence-corrected chi connectivity index (χ4v) is 3.94. The molecule has 1 aliphatic heterocycles. The number of imidazole rings is 1. The summed E-state index contributed by atoms with van der Waals surface area (Å²) in [6, 6.07) is 0.609. The van der Waals surface area contributed by atoms with Gasteiger partial charge in [0.15, 0.2) is 0 Å². The monoisotopic (exact) mass is 420 g/mol. The lowest BCUT2D eigenvalue weighted by Crippen LogP contribution is -2.37. The van der Waals surface area contributed by atoms with Crippen LogP contribution in [0.15, 0.2) is 12.5 Å². The molecule has 9 heteroatoms. The van der Waals surface area contributed by atoms with Crippen LogP contribution >= 0.6 is 24.8 Å². The van der Waals surface area contributed by atoms with Gasteiger partial charge in [0.2, 0.25) is 0 Å². The van der Waals surface area contributed by atoms with Gasteiger partial charge in [-0.25, -0.2) is 4.98 Å². The molecule has 7 nitrogen and oxygen atoms in total. The van der Waals surface area contributed by atoms with Crippen LogP contribution in [0.4, 0.5) is 0 Å². The maximum atomic E-state index is 12.4. The summed E-state index contributed by atoms with van der Waals surface area (Å²) in [6.45, 7) is 2.02. The highest BCUT2D eigenvalue weighted by molar-refractivity contribution is 5.92. The van der Waals surface area contributed by atoms with Crippen molar-refractivity contribution in [3.8, 4) is 0 Å². The lowest BCUT2D eigenvalue weighted by atomic mass is 9.83. The molecule has 3 rings (SSSR count). The molecule has 1 amide bonds. The summed E-state index contributed by atoms with van der Waals surface area (Å²) in [6.07, 6.45) is 10.6. The minimum Gasteiger partial charge on any atom is -0.481 e. The molecule has 0 spiro atoms. The number of aromatic nitrogens is 2. The number of carboxylic acid groups (broad SMARTS) is 1. The van der Waals surface area contributed by atoms with E-state index >= 15 is 0 Å². The summed E-state index contributed by atoms with van der Waals surface area (Å²) in [5, 5.41) is 15.2. The lowest BCUT2D eigenvalue weighted by molar-refractivity contribution is -0.137. The van der Waals surface area contributed by atoms with Crippen molar-refractivity contribution in [2.45, 2.75) is 63.5 Å². The number of piperidine rings is 1. The van der Waals surface area contributed by atoms with E-state index < -0.39 is 5.97 Å². The van der Waals surface area contributed by atoms with Crippen molar-refractivity contribution >= 4 is 36.7 Å². The quantitative estimate of drug-likeness (QED) is 0.657. The molecule has 0 unspecified atom stereocenters.